The van der Waals surface area contributed by atoms with Crippen LogP contribution in [0, 0.1) is 13.8 Å². The van der Waals surface area contributed by atoms with Crippen LogP contribution in [0.25, 0.3) is 0 Å². The Morgan fingerprint density at radius 1 is 1.20 bits per heavy atom. The van der Waals surface area contributed by atoms with Gasteiger partial charge in [-0.15, -0.1) is 0 Å². The number of nitrogens with one attached hydrogen (secondary N) is 1. The number of benzene rings is 1. The molecule has 0 radical (unpaired) electrons. The van der Waals surface area contributed by atoms with Gasteiger partial charge in [-0.2, -0.15) is 5.10 Å². The molecule has 3 nitrogen and oxygen atoms in total. The minimum atomic E-state index is 0.772. The standard InChI is InChI=1S/C16H22ClN3/c1-4-18-10-9-16-12(2)19-20(13(16)3)11-14-5-7-15(17)8-6-14/h5-8,18H,4,9-11H2,1-3H3. The molecule has 20 heavy (non-hydrogen) atoms. The van der Waals surface area contributed by atoms with Gasteiger partial charge in [-0.1, -0.05) is 30.7 Å². The molecule has 108 valence electrons. The van der Waals surface area contributed by atoms with Gasteiger partial charge in [-0.3, -0.25) is 4.68 Å². The fourth-order valence-corrected chi connectivity index (χ4v) is 2.53. The van der Waals surface area contributed by atoms with Crippen molar-refractivity contribution in [2.45, 2.75) is 33.7 Å². The first-order valence-corrected chi connectivity index (χ1v) is 7.47. The lowest BCUT2D eigenvalue weighted by Gasteiger charge is -2.06. The van der Waals surface area contributed by atoms with Gasteiger partial charge in [0.1, 0.15) is 0 Å². The third kappa shape index (κ3) is 3.62. The van der Waals surface area contributed by atoms with E-state index in [1.54, 1.807) is 0 Å². The molecule has 0 saturated heterocycles. The van der Waals surface area contributed by atoms with E-state index in [0.29, 0.717) is 0 Å². The SMILES string of the molecule is CCNCCc1c(C)nn(Cc2ccc(Cl)cc2)c1C. The van der Waals surface area contributed by atoms with Crippen molar-refractivity contribution in [2.75, 3.05) is 13.1 Å². The summed E-state index contributed by atoms with van der Waals surface area (Å²) in [6.45, 7) is 9.18. The van der Waals surface area contributed by atoms with Crippen molar-refractivity contribution in [1.29, 1.82) is 0 Å². The topological polar surface area (TPSA) is 29.9 Å². The minimum absolute atomic E-state index is 0.772. The maximum absolute atomic E-state index is 5.92. The van der Waals surface area contributed by atoms with E-state index in [0.717, 1.165) is 36.8 Å². The number of hydrogen-bond donors (Lipinski definition) is 1. The predicted octanol–water partition coefficient (Wildman–Crippen LogP) is 3.35. The first-order chi connectivity index (χ1) is 9.61. The van der Waals surface area contributed by atoms with E-state index in [2.05, 4.69) is 48.0 Å². The molecule has 0 bridgehead atoms. The average Bonchev–Trinajstić information content (AvgIpc) is 2.69. The van der Waals surface area contributed by atoms with E-state index >= 15 is 0 Å². The Labute approximate surface area is 126 Å². The molecule has 0 spiro atoms. The van der Waals surface area contributed by atoms with Gasteiger partial charge >= 0.3 is 0 Å². The fraction of sp³-hybridized carbons (Fsp3) is 0.438. The van der Waals surface area contributed by atoms with Crippen LogP contribution in [-0.2, 0) is 13.0 Å². The van der Waals surface area contributed by atoms with Crippen molar-refractivity contribution < 1.29 is 0 Å². The van der Waals surface area contributed by atoms with E-state index in [1.165, 1.54) is 16.8 Å². The number of nitrogens with zero attached hydrogens (tertiary/aromatic N) is 2. The Balaban J connectivity index is 2.12. The van der Waals surface area contributed by atoms with E-state index in [9.17, 15) is 0 Å². The average molecular weight is 292 g/mol. The van der Waals surface area contributed by atoms with Gasteiger partial charge in [0, 0.05) is 10.7 Å². The molecule has 0 aliphatic carbocycles. The number of aromatic nitrogens is 2. The van der Waals surface area contributed by atoms with Gasteiger partial charge in [-0.05, 0) is 56.6 Å². The third-order valence-corrected chi connectivity index (χ3v) is 3.83. The van der Waals surface area contributed by atoms with Gasteiger partial charge in [0.25, 0.3) is 0 Å². The summed E-state index contributed by atoms with van der Waals surface area (Å²) in [6.07, 6.45) is 1.03. The van der Waals surface area contributed by atoms with Gasteiger partial charge in [0.2, 0.25) is 0 Å². The Bertz CT molecular complexity index is 558. The van der Waals surface area contributed by atoms with Crippen molar-refractivity contribution in [3.05, 3.63) is 51.8 Å². The molecule has 0 aliphatic rings. The second-order valence-electron chi connectivity index (χ2n) is 5.04. The highest BCUT2D eigenvalue weighted by atomic mass is 35.5. The Morgan fingerprint density at radius 2 is 1.90 bits per heavy atom. The highest BCUT2D eigenvalue weighted by molar-refractivity contribution is 6.30. The zero-order chi connectivity index (χ0) is 14.5. The quantitative estimate of drug-likeness (QED) is 0.827. The fourth-order valence-electron chi connectivity index (χ4n) is 2.40. The summed E-state index contributed by atoms with van der Waals surface area (Å²) in [4.78, 5) is 0. The Morgan fingerprint density at radius 3 is 2.55 bits per heavy atom. The van der Waals surface area contributed by atoms with E-state index < -0.39 is 0 Å². The summed E-state index contributed by atoms with van der Waals surface area (Å²) in [5.41, 5.74) is 4.97. The Kier molecular flexibility index (Phi) is 5.21. The van der Waals surface area contributed by atoms with Crippen molar-refractivity contribution >= 4 is 11.6 Å². The number of halogens is 1. The van der Waals surface area contributed by atoms with Crippen LogP contribution in [0.2, 0.25) is 5.02 Å². The molecule has 1 aromatic heterocycles. The van der Waals surface area contributed by atoms with Gasteiger partial charge in [0.15, 0.2) is 0 Å². The lowest BCUT2D eigenvalue weighted by atomic mass is 10.1. The summed E-state index contributed by atoms with van der Waals surface area (Å²) in [6, 6.07) is 7.96. The molecule has 1 heterocycles. The number of likely N-dealkylation sites (N-methyl/N-ethyl adjacent to an activating group) is 1. The van der Waals surface area contributed by atoms with E-state index in [-0.39, 0.29) is 0 Å². The van der Waals surface area contributed by atoms with Crippen molar-refractivity contribution in [3.63, 3.8) is 0 Å². The van der Waals surface area contributed by atoms with Crippen LogP contribution in [0.3, 0.4) is 0 Å². The van der Waals surface area contributed by atoms with Crippen molar-refractivity contribution in [2.24, 2.45) is 0 Å². The molecule has 1 N–H and O–H groups in total. The highest BCUT2D eigenvalue weighted by Gasteiger charge is 2.11. The normalized spacial score (nSPS) is 11.0. The monoisotopic (exact) mass is 291 g/mol. The lowest BCUT2D eigenvalue weighted by Crippen LogP contribution is -2.16. The molecule has 0 amide bonds. The maximum Gasteiger partial charge on any atom is 0.0662 e. The molecule has 0 atom stereocenters. The molecule has 0 aliphatic heterocycles. The summed E-state index contributed by atoms with van der Waals surface area (Å²) in [7, 11) is 0. The van der Waals surface area contributed by atoms with Crippen LogP contribution in [0.5, 0.6) is 0 Å². The summed E-state index contributed by atoms with van der Waals surface area (Å²) in [5.74, 6) is 0. The van der Waals surface area contributed by atoms with Crippen LogP contribution < -0.4 is 5.32 Å². The number of hydrogen-bond acceptors (Lipinski definition) is 2. The molecule has 2 rings (SSSR count). The first-order valence-electron chi connectivity index (χ1n) is 7.10. The molecule has 0 saturated carbocycles. The highest BCUT2D eigenvalue weighted by Crippen LogP contribution is 2.16. The van der Waals surface area contributed by atoms with Gasteiger partial charge in [-0.25, -0.2) is 0 Å². The summed E-state index contributed by atoms with van der Waals surface area (Å²) < 4.78 is 2.08. The second-order valence-corrected chi connectivity index (χ2v) is 5.47. The predicted molar refractivity (Wildman–Crippen MR) is 84.5 cm³/mol. The third-order valence-electron chi connectivity index (χ3n) is 3.58. The van der Waals surface area contributed by atoms with Crippen LogP contribution in [0.1, 0.15) is 29.4 Å². The zero-order valence-electron chi connectivity index (χ0n) is 12.4. The van der Waals surface area contributed by atoms with E-state index in [1.807, 2.05) is 12.1 Å². The van der Waals surface area contributed by atoms with Crippen LogP contribution in [-0.4, -0.2) is 22.9 Å². The van der Waals surface area contributed by atoms with Crippen molar-refractivity contribution in [1.82, 2.24) is 15.1 Å². The van der Waals surface area contributed by atoms with E-state index in [4.69, 9.17) is 11.6 Å². The molecule has 2 aromatic rings. The minimum Gasteiger partial charge on any atom is -0.317 e. The zero-order valence-corrected chi connectivity index (χ0v) is 13.2. The number of rotatable bonds is 6. The van der Waals surface area contributed by atoms with Gasteiger partial charge in [0.05, 0.1) is 12.2 Å². The second kappa shape index (κ2) is 6.91. The van der Waals surface area contributed by atoms with Crippen LogP contribution in [0.4, 0.5) is 0 Å². The molecular weight excluding hydrogens is 270 g/mol. The van der Waals surface area contributed by atoms with Crippen molar-refractivity contribution in [3.8, 4) is 0 Å². The molecule has 0 fully saturated rings. The molecule has 0 unspecified atom stereocenters. The lowest BCUT2D eigenvalue weighted by molar-refractivity contribution is 0.656. The molecule has 1 aromatic carbocycles. The van der Waals surface area contributed by atoms with Crippen LogP contribution >= 0.6 is 11.6 Å². The maximum atomic E-state index is 5.92. The van der Waals surface area contributed by atoms with Gasteiger partial charge < -0.3 is 5.32 Å². The summed E-state index contributed by atoms with van der Waals surface area (Å²) in [5, 5.41) is 8.80. The van der Waals surface area contributed by atoms with Crippen LogP contribution in [0.15, 0.2) is 24.3 Å². The molecular formula is C16H22ClN3. The first kappa shape index (κ1) is 15.1. The number of aryl methyl sites for hydroxylation is 1. The smallest absolute Gasteiger partial charge is 0.0662 e. The summed E-state index contributed by atoms with van der Waals surface area (Å²) >= 11 is 5.92. The Hall–Kier alpha value is -1.32. The molecule has 4 heteroatoms. The largest absolute Gasteiger partial charge is 0.317 e.